The van der Waals surface area contributed by atoms with Gasteiger partial charge in [0.15, 0.2) is 0 Å². The maximum Gasteiger partial charge on any atom is 0.268 e. The lowest BCUT2D eigenvalue weighted by Crippen LogP contribution is -2.44. The van der Waals surface area contributed by atoms with Crippen LogP contribution < -0.4 is 15.6 Å². The van der Waals surface area contributed by atoms with Crippen molar-refractivity contribution < 1.29 is 14.3 Å². The second-order valence-electron chi connectivity index (χ2n) is 7.52. The van der Waals surface area contributed by atoms with E-state index in [0.717, 1.165) is 45.8 Å². The molecule has 30 heavy (non-hydrogen) atoms. The van der Waals surface area contributed by atoms with Gasteiger partial charge >= 0.3 is 0 Å². The van der Waals surface area contributed by atoms with Gasteiger partial charge in [0.1, 0.15) is 17.5 Å². The van der Waals surface area contributed by atoms with Crippen LogP contribution in [0.2, 0.25) is 0 Å². The number of H-pyrrole nitrogens is 1. The molecule has 1 aromatic carbocycles. The Balaban J connectivity index is 1.38. The highest BCUT2D eigenvalue weighted by atomic mass is 32.2. The fourth-order valence-electron chi connectivity index (χ4n) is 3.99. The summed E-state index contributed by atoms with van der Waals surface area (Å²) in [6.07, 6.45) is 0.851. The first-order chi connectivity index (χ1) is 14.6. The van der Waals surface area contributed by atoms with E-state index in [2.05, 4.69) is 15.4 Å². The number of nitrogens with one attached hydrogen (secondary N) is 2. The number of aromatic nitrogens is 3. The molecule has 4 heterocycles. The molecule has 0 radical (unpaired) electrons. The molecule has 2 aromatic heterocycles. The molecule has 2 aliphatic heterocycles. The summed E-state index contributed by atoms with van der Waals surface area (Å²) in [4.78, 5) is 28.7. The number of ether oxygens (including phenoxy) is 2. The number of thioether (sulfide) groups is 1. The number of amides is 1. The summed E-state index contributed by atoms with van der Waals surface area (Å²) in [5.74, 6) is 2.31. The van der Waals surface area contributed by atoms with E-state index in [1.807, 2.05) is 30.0 Å². The normalized spacial score (nSPS) is 20.8. The Morgan fingerprint density at radius 2 is 2.23 bits per heavy atom. The van der Waals surface area contributed by atoms with Crippen molar-refractivity contribution in [3.63, 3.8) is 0 Å². The van der Waals surface area contributed by atoms with Crippen molar-refractivity contribution in [2.24, 2.45) is 0 Å². The number of aryl methyl sites for hydroxylation is 1. The Bertz CT molecular complexity index is 1170. The number of methoxy groups -OCH3 is 1. The van der Waals surface area contributed by atoms with Gasteiger partial charge in [-0.1, -0.05) is 0 Å². The SMILES string of the molecule is COc1ccc2cc(C(=O)NC3COCC3n3nc4c(cc3=O)CSCC4)[nH]c2c1. The lowest BCUT2D eigenvalue weighted by Gasteiger charge is -2.22. The highest BCUT2D eigenvalue weighted by molar-refractivity contribution is 7.98. The number of benzene rings is 1. The lowest BCUT2D eigenvalue weighted by atomic mass is 10.1. The quantitative estimate of drug-likeness (QED) is 0.661. The van der Waals surface area contributed by atoms with E-state index >= 15 is 0 Å². The largest absolute Gasteiger partial charge is 0.497 e. The van der Waals surface area contributed by atoms with Crippen LogP contribution >= 0.6 is 11.8 Å². The minimum Gasteiger partial charge on any atom is -0.497 e. The summed E-state index contributed by atoms with van der Waals surface area (Å²) in [5.41, 5.74) is 3.11. The average molecular weight is 426 g/mol. The minimum absolute atomic E-state index is 0.149. The molecule has 1 saturated heterocycles. The molecule has 2 aliphatic rings. The summed E-state index contributed by atoms with van der Waals surface area (Å²) >= 11 is 1.81. The summed E-state index contributed by atoms with van der Waals surface area (Å²) in [7, 11) is 1.60. The van der Waals surface area contributed by atoms with E-state index in [9.17, 15) is 9.59 Å². The fraction of sp³-hybridized carbons (Fsp3) is 0.381. The molecule has 0 spiro atoms. The molecule has 8 nitrogen and oxygen atoms in total. The number of carbonyl (C=O) groups is 1. The monoisotopic (exact) mass is 426 g/mol. The third kappa shape index (κ3) is 3.48. The Hall–Kier alpha value is -2.78. The van der Waals surface area contributed by atoms with E-state index in [0.29, 0.717) is 18.9 Å². The number of fused-ring (bicyclic) bond motifs is 2. The van der Waals surface area contributed by atoms with Gasteiger partial charge in [-0.2, -0.15) is 16.9 Å². The van der Waals surface area contributed by atoms with Crippen LogP contribution in [0.4, 0.5) is 0 Å². The number of rotatable bonds is 4. The first-order valence-electron chi connectivity index (χ1n) is 9.87. The zero-order valence-corrected chi connectivity index (χ0v) is 17.3. The Morgan fingerprint density at radius 1 is 1.33 bits per heavy atom. The van der Waals surface area contributed by atoms with Crippen LogP contribution in [0.15, 0.2) is 35.1 Å². The summed E-state index contributed by atoms with van der Waals surface area (Å²) < 4.78 is 12.3. The van der Waals surface area contributed by atoms with Crippen molar-refractivity contribution in [2.75, 3.05) is 26.1 Å². The molecular weight excluding hydrogens is 404 g/mol. The smallest absolute Gasteiger partial charge is 0.268 e. The van der Waals surface area contributed by atoms with Crippen LogP contribution in [-0.2, 0) is 16.9 Å². The predicted octanol–water partition coefficient (Wildman–Crippen LogP) is 1.89. The zero-order valence-electron chi connectivity index (χ0n) is 16.5. The molecule has 0 aliphatic carbocycles. The van der Waals surface area contributed by atoms with Crippen molar-refractivity contribution >= 4 is 28.6 Å². The summed E-state index contributed by atoms with van der Waals surface area (Å²) in [6.45, 7) is 0.681. The molecule has 1 amide bonds. The van der Waals surface area contributed by atoms with Crippen LogP contribution in [0, 0.1) is 0 Å². The van der Waals surface area contributed by atoms with Gasteiger partial charge in [-0.15, -0.1) is 0 Å². The highest BCUT2D eigenvalue weighted by Crippen LogP contribution is 2.25. The van der Waals surface area contributed by atoms with Gasteiger partial charge in [0.05, 0.1) is 32.1 Å². The van der Waals surface area contributed by atoms with E-state index in [1.54, 1.807) is 19.2 Å². The van der Waals surface area contributed by atoms with Crippen molar-refractivity contribution in [1.82, 2.24) is 20.1 Å². The second kappa shape index (κ2) is 7.81. The molecule has 1 fully saturated rings. The molecule has 2 N–H and O–H groups in total. The third-order valence-electron chi connectivity index (χ3n) is 5.62. The van der Waals surface area contributed by atoms with Crippen molar-refractivity contribution in [3.05, 3.63) is 57.6 Å². The highest BCUT2D eigenvalue weighted by Gasteiger charge is 2.33. The zero-order chi connectivity index (χ0) is 20.7. The Morgan fingerprint density at radius 3 is 3.10 bits per heavy atom. The van der Waals surface area contributed by atoms with Gasteiger partial charge in [-0.05, 0) is 29.5 Å². The van der Waals surface area contributed by atoms with Gasteiger partial charge in [0.2, 0.25) is 0 Å². The molecule has 0 saturated carbocycles. The van der Waals surface area contributed by atoms with Gasteiger partial charge in [0.25, 0.3) is 11.5 Å². The standard InChI is InChI=1S/C21H22N4O4S/c1-28-14-3-2-12-6-17(22-16(12)8-14)21(27)23-18-9-29-10-19(18)25-20(26)7-13-11-30-5-4-15(13)24-25/h2-3,6-8,18-19,22H,4-5,9-11H2,1H3,(H,23,27). The molecule has 156 valence electrons. The fourth-order valence-corrected chi connectivity index (χ4v) is 4.94. The van der Waals surface area contributed by atoms with Crippen molar-refractivity contribution in [1.29, 1.82) is 0 Å². The van der Waals surface area contributed by atoms with Crippen molar-refractivity contribution in [2.45, 2.75) is 24.3 Å². The molecule has 9 heteroatoms. The molecule has 3 aromatic rings. The predicted molar refractivity (Wildman–Crippen MR) is 114 cm³/mol. The first kappa shape index (κ1) is 19.2. The van der Waals surface area contributed by atoms with Gasteiger partial charge in [-0.3, -0.25) is 9.59 Å². The lowest BCUT2D eigenvalue weighted by molar-refractivity contribution is 0.0920. The molecule has 2 atom stereocenters. The number of hydrogen-bond acceptors (Lipinski definition) is 6. The van der Waals surface area contributed by atoms with Crippen LogP contribution in [0.1, 0.15) is 27.8 Å². The van der Waals surface area contributed by atoms with E-state index in [1.165, 1.54) is 4.68 Å². The molecule has 5 rings (SSSR count). The van der Waals surface area contributed by atoms with E-state index < -0.39 is 0 Å². The van der Waals surface area contributed by atoms with E-state index in [-0.39, 0.29) is 23.6 Å². The second-order valence-corrected chi connectivity index (χ2v) is 8.63. The first-order valence-corrected chi connectivity index (χ1v) is 11.0. The van der Waals surface area contributed by atoms with Crippen LogP contribution in [0.5, 0.6) is 5.75 Å². The van der Waals surface area contributed by atoms with Crippen LogP contribution in [0.25, 0.3) is 10.9 Å². The molecule has 0 bridgehead atoms. The number of hydrogen-bond donors (Lipinski definition) is 2. The number of carbonyl (C=O) groups excluding carboxylic acids is 1. The molecule has 2 unspecified atom stereocenters. The number of nitrogens with zero attached hydrogens (tertiary/aromatic N) is 2. The topological polar surface area (TPSA) is 98.2 Å². The third-order valence-corrected chi connectivity index (χ3v) is 6.63. The summed E-state index contributed by atoms with van der Waals surface area (Å²) in [6, 6.07) is 8.42. The maximum atomic E-state index is 12.9. The van der Waals surface area contributed by atoms with Gasteiger partial charge in [0, 0.05) is 35.2 Å². The van der Waals surface area contributed by atoms with Crippen molar-refractivity contribution in [3.8, 4) is 5.75 Å². The minimum atomic E-state index is -0.334. The van der Waals surface area contributed by atoms with Gasteiger partial charge < -0.3 is 19.8 Å². The van der Waals surface area contributed by atoms with Crippen LogP contribution in [-0.4, -0.2) is 52.8 Å². The Kier molecular flexibility index (Phi) is 5.00. The number of aromatic amines is 1. The van der Waals surface area contributed by atoms with Gasteiger partial charge in [-0.25, -0.2) is 4.68 Å². The Labute approximate surface area is 176 Å². The maximum absolute atomic E-state index is 12.9. The summed E-state index contributed by atoms with van der Waals surface area (Å²) in [5, 5.41) is 8.55. The van der Waals surface area contributed by atoms with E-state index in [4.69, 9.17) is 9.47 Å². The van der Waals surface area contributed by atoms with Crippen LogP contribution in [0.3, 0.4) is 0 Å². The molecular formula is C21H22N4O4S. The average Bonchev–Trinajstić information content (AvgIpc) is 3.39.